The van der Waals surface area contributed by atoms with Crippen LogP contribution in [0.15, 0.2) is 12.2 Å². The largest absolute Gasteiger partial charge is 0.520 e. The molecule has 0 aromatic carbocycles. The van der Waals surface area contributed by atoms with Gasteiger partial charge in [0.25, 0.3) is 5.97 Å². The second-order valence-corrected chi connectivity index (χ2v) is 12.3. The molecule has 0 aliphatic heterocycles. The number of hydrogen-bond donors (Lipinski definition) is 0. The first-order valence-corrected chi connectivity index (χ1v) is 13.7. The van der Waals surface area contributed by atoms with Gasteiger partial charge in [-0.3, -0.25) is 4.79 Å². The molecule has 0 amide bonds. The van der Waals surface area contributed by atoms with Gasteiger partial charge in [0.05, 0.1) is 0 Å². The Morgan fingerprint density at radius 1 is 0.750 bits per heavy atom. The zero-order valence-corrected chi connectivity index (χ0v) is 17.9. The number of carbonyl (C=O) groups excluding carboxylic acids is 1. The fourth-order valence-electron chi connectivity index (χ4n) is 2.73. The molecule has 0 aromatic rings. The summed E-state index contributed by atoms with van der Waals surface area (Å²) in [5.74, 6) is 0.00833. The van der Waals surface area contributed by atoms with Crippen molar-refractivity contribution in [3.63, 3.8) is 0 Å². The van der Waals surface area contributed by atoms with Crippen LogP contribution in [0.2, 0.25) is 19.6 Å². The quantitative estimate of drug-likeness (QED) is 0.164. The summed E-state index contributed by atoms with van der Waals surface area (Å²) in [6.07, 6.45) is 22.0. The summed E-state index contributed by atoms with van der Waals surface area (Å²) in [6.45, 7) is 8.45. The van der Waals surface area contributed by atoms with Crippen LogP contribution in [0.25, 0.3) is 0 Å². The fraction of sp³-hybridized carbons (Fsp3) is 0.857. The lowest BCUT2D eigenvalue weighted by Gasteiger charge is -2.17. The summed E-state index contributed by atoms with van der Waals surface area (Å²) in [6, 6.07) is 0. The minimum absolute atomic E-state index is 0.00833. The molecule has 142 valence electrons. The molecule has 0 heterocycles. The molecule has 0 aliphatic carbocycles. The third kappa shape index (κ3) is 19.5. The van der Waals surface area contributed by atoms with E-state index in [1.807, 2.05) is 0 Å². The van der Waals surface area contributed by atoms with Crippen LogP contribution in [-0.2, 0) is 9.22 Å². The normalized spacial score (nSPS) is 12.0. The van der Waals surface area contributed by atoms with Crippen LogP contribution in [0.1, 0.15) is 96.8 Å². The summed E-state index contributed by atoms with van der Waals surface area (Å²) in [5, 5.41) is 0. The van der Waals surface area contributed by atoms with E-state index in [0.29, 0.717) is 6.42 Å². The molecule has 0 rings (SSSR count). The third-order valence-corrected chi connectivity index (χ3v) is 4.90. The molecule has 0 N–H and O–H groups in total. The van der Waals surface area contributed by atoms with E-state index in [0.717, 1.165) is 12.8 Å². The first-order chi connectivity index (χ1) is 11.5. The third-order valence-electron chi connectivity index (χ3n) is 4.06. The maximum atomic E-state index is 11.6. The van der Waals surface area contributed by atoms with Gasteiger partial charge in [0, 0.05) is 6.42 Å². The van der Waals surface area contributed by atoms with Gasteiger partial charge in [-0.05, 0) is 51.7 Å². The second kappa shape index (κ2) is 15.9. The molecular weight excluding hydrogens is 312 g/mol. The van der Waals surface area contributed by atoms with Gasteiger partial charge in [-0.2, -0.15) is 0 Å². The molecule has 0 saturated carbocycles. The van der Waals surface area contributed by atoms with Crippen molar-refractivity contribution < 1.29 is 9.22 Å². The van der Waals surface area contributed by atoms with E-state index in [4.69, 9.17) is 4.43 Å². The SMILES string of the molecule is CCCCCCC/C=C/CCCCCCCCC(=O)O[Si](C)(C)C. The summed E-state index contributed by atoms with van der Waals surface area (Å²) in [5.41, 5.74) is 0. The van der Waals surface area contributed by atoms with Gasteiger partial charge in [0.2, 0.25) is 8.32 Å². The summed E-state index contributed by atoms with van der Waals surface area (Å²) < 4.78 is 5.45. The van der Waals surface area contributed by atoms with Crippen molar-refractivity contribution in [2.24, 2.45) is 0 Å². The lowest BCUT2D eigenvalue weighted by atomic mass is 10.1. The van der Waals surface area contributed by atoms with Crippen molar-refractivity contribution >= 4 is 14.3 Å². The zero-order chi connectivity index (χ0) is 18.1. The molecule has 0 aromatic heterocycles. The first kappa shape index (κ1) is 23.4. The average Bonchev–Trinajstić information content (AvgIpc) is 2.49. The minimum atomic E-state index is -1.69. The van der Waals surface area contributed by atoms with Gasteiger partial charge >= 0.3 is 0 Å². The molecule has 0 aliphatic rings. The summed E-state index contributed by atoms with van der Waals surface area (Å²) in [7, 11) is -1.69. The van der Waals surface area contributed by atoms with E-state index in [1.165, 1.54) is 70.6 Å². The highest BCUT2D eigenvalue weighted by atomic mass is 28.4. The van der Waals surface area contributed by atoms with Gasteiger partial charge < -0.3 is 4.43 Å². The average molecular weight is 355 g/mol. The molecule has 2 nitrogen and oxygen atoms in total. The van der Waals surface area contributed by atoms with Crippen molar-refractivity contribution in [2.45, 2.75) is 116 Å². The molecule has 0 spiro atoms. The van der Waals surface area contributed by atoms with Gasteiger partial charge in [0.1, 0.15) is 0 Å². The molecule has 0 radical (unpaired) electrons. The number of hydrogen-bond acceptors (Lipinski definition) is 2. The Balaban J connectivity index is 3.24. The standard InChI is InChI=1S/C21H42O2Si/c1-5-6-7-8-9-10-11-12-13-14-15-16-17-18-19-20-21(22)23-24(2,3)4/h11-12H,5-10,13-20H2,1-4H3/b12-11+. The maximum absolute atomic E-state index is 11.6. The van der Waals surface area contributed by atoms with Crippen molar-refractivity contribution in [3.8, 4) is 0 Å². The molecule has 24 heavy (non-hydrogen) atoms. The summed E-state index contributed by atoms with van der Waals surface area (Å²) in [4.78, 5) is 11.6. The molecular formula is C21H42O2Si. The first-order valence-electron chi connectivity index (χ1n) is 10.3. The highest BCUT2D eigenvalue weighted by Crippen LogP contribution is 2.12. The van der Waals surface area contributed by atoms with Gasteiger partial charge in [-0.25, -0.2) is 0 Å². The van der Waals surface area contributed by atoms with E-state index in [2.05, 4.69) is 38.7 Å². The number of unbranched alkanes of at least 4 members (excludes halogenated alkanes) is 11. The number of allylic oxidation sites excluding steroid dienone is 2. The van der Waals surface area contributed by atoms with E-state index in [9.17, 15) is 4.79 Å². The fourth-order valence-corrected chi connectivity index (χ4v) is 3.52. The van der Waals surface area contributed by atoms with Crippen LogP contribution in [0.5, 0.6) is 0 Å². The maximum Gasteiger partial charge on any atom is 0.292 e. The Hall–Kier alpha value is -0.573. The van der Waals surface area contributed by atoms with Crippen LogP contribution in [0, 0.1) is 0 Å². The predicted octanol–water partition coefficient (Wildman–Crippen LogP) is 7.40. The monoisotopic (exact) mass is 354 g/mol. The minimum Gasteiger partial charge on any atom is -0.520 e. The molecule has 0 fully saturated rings. The molecule has 0 unspecified atom stereocenters. The molecule has 3 heteroatoms. The Bertz CT molecular complexity index is 318. The van der Waals surface area contributed by atoms with Crippen LogP contribution in [0.4, 0.5) is 0 Å². The zero-order valence-electron chi connectivity index (χ0n) is 16.9. The van der Waals surface area contributed by atoms with Gasteiger partial charge in [0.15, 0.2) is 0 Å². The lowest BCUT2D eigenvalue weighted by Crippen LogP contribution is -2.28. The van der Waals surface area contributed by atoms with Crippen molar-refractivity contribution in [1.82, 2.24) is 0 Å². The van der Waals surface area contributed by atoms with E-state index >= 15 is 0 Å². The Kier molecular flexibility index (Phi) is 15.5. The molecule has 0 saturated heterocycles. The topological polar surface area (TPSA) is 26.3 Å². The Morgan fingerprint density at radius 2 is 1.21 bits per heavy atom. The summed E-state index contributed by atoms with van der Waals surface area (Å²) >= 11 is 0. The second-order valence-electron chi connectivity index (χ2n) is 7.92. The van der Waals surface area contributed by atoms with Crippen molar-refractivity contribution in [3.05, 3.63) is 12.2 Å². The van der Waals surface area contributed by atoms with Gasteiger partial charge in [-0.1, -0.05) is 70.4 Å². The van der Waals surface area contributed by atoms with E-state index in [-0.39, 0.29) is 5.97 Å². The van der Waals surface area contributed by atoms with Crippen LogP contribution < -0.4 is 0 Å². The highest BCUT2D eigenvalue weighted by molar-refractivity contribution is 6.71. The lowest BCUT2D eigenvalue weighted by molar-refractivity contribution is -0.135. The highest BCUT2D eigenvalue weighted by Gasteiger charge is 2.19. The predicted molar refractivity (Wildman–Crippen MR) is 109 cm³/mol. The van der Waals surface area contributed by atoms with Crippen LogP contribution in [0.3, 0.4) is 0 Å². The van der Waals surface area contributed by atoms with E-state index in [1.54, 1.807) is 0 Å². The Labute approximate surface area is 152 Å². The molecule has 0 atom stereocenters. The van der Waals surface area contributed by atoms with E-state index < -0.39 is 8.32 Å². The molecule has 0 bridgehead atoms. The van der Waals surface area contributed by atoms with Crippen molar-refractivity contribution in [1.29, 1.82) is 0 Å². The number of carbonyl (C=O) groups is 1. The van der Waals surface area contributed by atoms with Crippen LogP contribution >= 0.6 is 0 Å². The van der Waals surface area contributed by atoms with Crippen molar-refractivity contribution in [2.75, 3.05) is 0 Å². The number of rotatable bonds is 16. The Morgan fingerprint density at radius 3 is 1.71 bits per heavy atom. The van der Waals surface area contributed by atoms with Gasteiger partial charge in [-0.15, -0.1) is 0 Å². The van der Waals surface area contributed by atoms with Crippen LogP contribution in [-0.4, -0.2) is 14.3 Å². The smallest absolute Gasteiger partial charge is 0.292 e.